The molecule has 1 aromatic carbocycles. The SMILES string of the molecule is CS(=O)(=O)CCCSc1ccc(Cl)c(C(=O)O)c1. The lowest BCUT2D eigenvalue weighted by Gasteiger charge is -2.04. The smallest absolute Gasteiger partial charge is 0.337 e. The van der Waals surface area contributed by atoms with E-state index in [4.69, 9.17) is 16.7 Å². The molecule has 0 heterocycles. The van der Waals surface area contributed by atoms with Crippen molar-refractivity contribution >= 4 is 39.2 Å². The third-order valence-corrected chi connectivity index (χ3v) is 4.54. The Hall–Kier alpha value is -0.720. The first kappa shape index (κ1) is 15.3. The molecule has 1 N–H and O–H groups in total. The third kappa shape index (κ3) is 5.29. The van der Waals surface area contributed by atoms with Gasteiger partial charge in [0.25, 0.3) is 0 Å². The zero-order valence-corrected chi connectivity index (χ0v) is 12.1. The number of benzene rings is 1. The fourth-order valence-corrected chi connectivity index (χ4v) is 3.21. The molecule has 0 bridgehead atoms. The maximum absolute atomic E-state index is 10.9. The van der Waals surface area contributed by atoms with E-state index in [9.17, 15) is 13.2 Å². The van der Waals surface area contributed by atoms with E-state index >= 15 is 0 Å². The second kappa shape index (κ2) is 6.45. The molecule has 0 saturated heterocycles. The summed E-state index contributed by atoms with van der Waals surface area (Å²) in [5.41, 5.74) is 0.0600. The Labute approximate surface area is 115 Å². The highest BCUT2D eigenvalue weighted by molar-refractivity contribution is 7.99. The van der Waals surface area contributed by atoms with E-state index in [-0.39, 0.29) is 16.3 Å². The van der Waals surface area contributed by atoms with Crippen LogP contribution in [0.25, 0.3) is 0 Å². The summed E-state index contributed by atoms with van der Waals surface area (Å²) in [6.07, 6.45) is 1.73. The molecule has 1 rings (SSSR count). The number of carbonyl (C=O) groups is 1. The van der Waals surface area contributed by atoms with Gasteiger partial charge in [0.15, 0.2) is 0 Å². The maximum Gasteiger partial charge on any atom is 0.337 e. The number of carboxylic acids is 1. The van der Waals surface area contributed by atoms with E-state index in [0.29, 0.717) is 12.2 Å². The fourth-order valence-electron chi connectivity index (χ4n) is 1.27. The predicted molar refractivity (Wildman–Crippen MR) is 73.5 cm³/mol. The Morgan fingerprint density at radius 3 is 2.67 bits per heavy atom. The second-order valence-corrected chi connectivity index (χ2v) is 7.61. The van der Waals surface area contributed by atoms with Crippen LogP contribution in [0.15, 0.2) is 23.1 Å². The van der Waals surface area contributed by atoms with Crippen molar-refractivity contribution in [2.24, 2.45) is 0 Å². The van der Waals surface area contributed by atoms with Crippen LogP contribution in [-0.4, -0.2) is 37.3 Å². The maximum atomic E-state index is 10.9. The van der Waals surface area contributed by atoms with E-state index in [0.717, 1.165) is 4.90 Å². The molecular formula is C11H13ClO4S2. The van der Waals surface area contributed by atoms with Crippen LogP contribution in [0.5, 0.6) is 0 Å². The minimum Gasteiger partial charge on any atom is -0.478 e. The van der Waals surface area contributed by atoms with Crippen LogP contribution >= 0.6 is 23.4 Å². The van der Waals surface area contributed by atoms with E-state index in [1.54, 1.807) is 6.07 Å². The summed E-state index contributed by atoms with van der Waals surface area (Å²) in [4.78, 5) is 11.6. The highest BCUT2D eigenvalue weighted by Gasteiger charge is 2.09. The van der Waals surface area contributed by atoms with E-state index in [1.807, 2.05) is 0 Å². The van der Waals surface area contributed by atoms with Crippen LogP contribution in [0.1, 0.15) is 16.8 Å². The zero-order valence-electron chi connectivity index (χ0n) is 9.72. The molecule has 0 amide bonds. The van der Waals surface area contributed by atoms with Crippen LogP contribution in [0, 0.1) is 0 Å². The van der Waals surface area contributed by atoms with E-state index < -0.39 is 15.8 Å². The molecule has 1 aromatic rings. The van der Waals surface area contributed by atoms with Crippen molar-refractivity contribution in [1.82, 2.24) is 0 Å². The second-order valence-electron chi connectivity index (χ2n) is 3.78. The average Bonchev–Trinajstić information content (AvgIpc) is 2.24. The van der Waals surface area contributed by atoms with E-state index in [1.165, 1.54) is 30.2 Å². The van der Waals surface area contributed by atoms with Crippen molar-refractivity contribution < 1.29 is 18.3 Å². The number of sulfone groups is 1. The highest BCUT2D eigenvalue weighted by atomic mass is 35.5. The third-order valence-electron chi connectivity index (χ3n) is 2.10. The number of aromatic carboxylic acids is 1. The number of hydrogen-bond donors (Lipinski definition) is 1. The fraction of sp³-hybridized carbons (Fsp3) is 0.364. The van der Waals surface area contributed by atoms with Crippen molar-refractivity contribution in [3.8, 4) is 0 Å². The van der Waals surface area contributed by atoms with Gasteiger partial charge in [0.1, 0.15) is 9.84 Å². The molecule has 0 atom stereocenters. The first-order valence-electron chi connectivity index (χ1n) is 5.13. The van der Waals surface area contributed by atoms with Gasteiger partial charge in [-0.15, -0.1) is 11.8 Å². The predicted octanol–water partition coefficient (Wildman–Crippen LogP) is 2.57. The molecule has 7 heteroatoms. The Bertz CT molecular complexity index is 540. The average molecular weight is 309 g/mol. The molecule has 0 fully saturated rings. The van der Waals surface area contributed by atoms with Gasteiger partial charge in [0, 0.05) is 11.2 Å². The number of rotatable bonds is 6. The van der Waals surface area contributed by atoms with Gasteiger partial charge in [-0.1, -0.05) is 11.6 Å². The summed E-state index contributed by atoms with van der Waals surface area (Å²) in [6.45, 7) is 0. The van der Waals surface area contributed by atoms with Gasteiger partial charge >= 0.3 is 5.97 Å². The molecule has 0 radical (unpaired) electrons. The summed E-state index contributed by atoms with van der Waals surface area (Å²) in [5.74, 6) is -0.314. The summed E-state index contributed by atoms with van der Waals surface area (Å²) < 4.78 is 21.9. The monoisotopic (exact) mass is 308 g/mol. The molecule has 100 valence electrons. The van der Waals surface area contributed by atoms with Gasteiger partial charge in [-0.05, 0) is 30.4 Å². The van der Waals surface area contributed by atoms with Gasteiger partial charge in [-0.25, -0.2) is 13.2 Å². The molecule has 0 saturated carbocycles. The van der Waals surface area contributed by atoms with Crippen molar-refractivity contribution in [1.29, 1.82) is 0 Å². The molecule has 0 spiro atoms. The molecule has 4 nitrogen and oxygen atoms in total. The Morgan fingerprint density at radius 2 is 2.11 bits per heavy atom. The topological polar surface area (TPSA) is 71.4 Å². The summed E-state index contributed by atoms with van der Waals surface area (Å²) in [7, 11) is -2.94. The number of thioether (sulfide) groups is 1. The molecule has 0 aliphatic carbocycles. The van der Waals surface area contributed by atoms with Crippen LogP contribution < -0.4 is 0 Å². The molecular weight excluding hydrogens is 296 g/mol. The van der Waals surface area contributed by atoms with Crippen LogP contribution in [0.4, 0.5) is 0 Å². The number of carboxylic acid groups (broad SMARTS) is 1. The van der Waals surface area contributed by atoms with Gasteiger partial charge in [-0.2, -0.15) is 0 Å². The minimum absolute atomic E-state index is 0.0600. The molecule has 18 heavy (non-hydrogen) atoms. The zero-order chi connectivity index (χ0) is 13.8. The van der Waals surface area contributed by atoms with Gasteiger partial charge < -0.3 is 5.11 Å². The Kier molecular flexibility index (Phi) is 5.49. The highest BCUT2D eigenvalue weighted by Crippen LogP contribution is 2.25. The van der Waals surface area contributed by atoms with Crippen molar-refractivity contribution in [3.05, 3.63) is 28.8 Å². The number of halogens is 1. The van der Waals surface area contributed by atoms with Crippen molar-refractivity contribution in [2.75, 3.05) is 17.8 Å². The first-order valence-corrected chi connectivity index (χ1v) is 8.55. The normalized spacial score (nSPS) is 11.4. The summed E-state index contributed by atoms with van der Waals surface area (Å²) in [5, 5.41) is 9.09. The van der Waals surface area contributed by atoms with Crippen molar-refractivity contribution in [3.63, 3.8) is 0 Å². The van der Waals surface area contributed by atoms with Crippen LogP contribution in [-0.2, 0) is 9.84 Å². The van der Waals surface area contributed by atoms with Crippen molar-refractivity contribution in [2.45, 2.75) is 11.3 Å². The van der Waals surface area contributed by atoms with Gasteiger partial charge in [0.05, 0.1) is 16.3 Å². The molecule has 0 aromatic heterocycles. The Morgan fingerprint density at radius 1 is 1.44 bits per heavy atom. The van der Waals surface area contributed by atoms with Crippen LogP contribution in [0.2, 0.25) is 5.02 Å². The van der Waals surface area contributed by atoms with Gasteiger partial charge in [0.2, 0.25) is 0 Å². The molecule has 0 unspecified atom stereocenters. The summed E-state index contributed by atoms with van der Waals surface area (Å²) in [6, 6.07) is 4.75. The molecule has 0 aliphatic heterocycles. The lowest BCUT2D eigenvalue weighted by atomic mass is 10.2. The number of hydrogen-bond acceptors (Lipinski definition) is 4. The van der Waals surface area contributed by atoms with Gasteiger partial charge in [-0.3, -0.25) is 0 Å². The lowest BCUT2D eigenvalue weighted by molar-refractivity contribution is 0.0697. The quantitative estimate of drug-likeness (QED) is 0.646. The minimum atomic E-state index is -2.94. The Balaban J connectivity index is 2.58. The van der Waals surface area contributed by atoms with Crippen LogP contribution in [0.3, 0.4) is 0 Å². The molecule has 0 aliphatic rings. The lowest BCUT2D eigenvalue weighted by Crippen LogP contribution is -2.03. The first-order chi connectivity index (χ1) is 8.29. The standard InChI is InChI=1S/C11H13ClO4S2/c1-18(15,16)6-2-5-17-8-3-4-10(12)9(7-8)11(13)14/h3-4,7H,2,5-6H2,1H3,(H,13,14). The largest absolute Gasteiger partial charge is 0.478 e. The van der Waals surface area contributed by atoms with E-state index in [2.05, 4.69) is 0 Å². The summed E-state index contributed by atoms with van der Waals surface area (Å²) >= 11 is 7.16.